The summed E-state index contributed by atoms with van der Waals surface area (Å²) in [6.07, 6.45) is 2.06. The Morgan fingerprint density at radius 2 is 2.24 bits per heavy atom. The normalized spacial score (nSPS) is 20.9. The van der Waals surface area contributed by atoms with Crippen LogP contribution in [0.5, 0.6) is 5.75 Å². The number of aliphatic hydroxyl groups is 1. The number of aromatic nitrogens is 1. The Morgan fingerprint density at radius 3 is 2.79 bits per heavy atom. The molecule has 1 aliphatic rings. The molecule has 1 fully saturated rings. The van der Waals surface area contributed by atoms with Crippen LogP contribution in [-0.4, -0.2) is 47.3 Å². The van der Waals surface area contributed by atoms with Crippen molar-refractivity contribution in [3.05, 3.63) is 39.8 Å². The maximum Gasteiger partial charge on any atom is 0.316 e. The zero-order valence-electron chi connectivity index (χ0n) is 16.2. The number of rotatable bonds is 8. The van der Waals surface area contributed by atoms with Gasteiger partial charge in [-0.15, -0.1) is 11.3 Å². The highest BCUT2D eigenvalue weighted by Crippen LogP contribution is 2.45. The Labute approximate surface area is 171 Å². The van der Waals surface area contributed by atoms with Gasteiger partial charge in [-0.05, 0) is 31.5 Å². The Bertz CT molecular complexity index is 973. The molecular formula is C19H24N5O4S+. The third-order valence-electron chi connectivity index (χ3n) is 4.97. The van der Waals surface area contributed by atoms with E-state index < -0.39 is 29.9 Å². The molecule has 0 spiro atoms. The van der Waals surface area contributed by atoms with Crippen molar-refractivity contribution in [3.8, 4) is 5.75 Å². The second kappa shape index (κ2) is 8.18. The molecular weight excluding hydrogens is 394 g/mol. The molecule has 1 saturated carbocycles. The molecule has 1 aromatic heterocycles. The molecule has 7 N–H and O–H groups in total. The molecule has 3 rings (SSSR count). The lowest BCUT2D eigenvalue weighted by atomic mass is 10.1. The Morgan fingerprint density at radius 1 is 1.48 bits per heavy atom. The Kier molecular flexibility index (Phi) is 5.85. The SMILES string of the molecule is C[NH+]=C(C(=O)NC1CC1(CO)C(N)=O)c1cc(OCc2cnc(C)s2)ccc1N. The summed E-state index contributed by atoms with van der Waals surface area (Å²) >= 11 is 1.55. The van der Waals surface area contributed by atoms with Gasteiger partial charge in [-0.2, -0.15) is 0 Å². The summed E-state index contributed by atoms with van der Waals surface area (Å²) in [7, 11) is 1.60. The summed E-state index contributed by atoms with van der Waals surface area (Å²) < 4.78 is 5.80. The number of amides is 2. The van der Waals surface area contributed by atoms with Gasteiger partial charge in [0.15, 0.2) is 0 Å². The number of carbonyl (C=O) groups excluding carboxylic acids is 2. The van der Waals surface area contributed by atoms with Crippen LogP contribution >= 0.6 is 11.3 Å². The first-order chi connectivity index (χ1) is 13.8. The van der Waals surface area contributed by atoms with Gasteiger partial charge in [0.2, 0.25) is 5.91 Å². The quantitative estimate of drug-likeness (QED) is 0.259. The average Bonchev–Trinajstić information content (AvgIpc) is 3.25. The van der Waals surface area contributed by atoms with Crippen LogP contribution in [-0.2, 0) is 16.2 Å². The number of benzene rings is 1. The van der Waals surface area contributed by atoms with Crippen molar-refractivity contribution in [2.75, 3.05) is 19.4 Å². The van der Waals surface area contributed by atoms with E-state index in [-0.39, 0.29) is 5.71 Å². The number of anilines is 1. The lowest BCUT2D eigenvalue weighted by Gasteiger charge is -2.12. The van der Waals surface area contributed by atoms with Gasteiger partial charge in [0.05, 0.1) is 27.5 Å². The van der Waals surface area contributed by atoms with Gasteiger partial charge in [0.25, 0.3) is 5.71 Å². The molecule has 2 aromatic rings. The van der Waals surface area contributed by atoms with E-state index in [0.29, 0.717) is 30.0 Å². The molecule has 10 heteroatoms. The molecule has 2 atom stereocenters. The average molecular weight is 418 g/mol. The topological polar surface area (TPSA) is 155 Å². The molecule has 0 saturated heterocycles. The smallest absolute Gasteiger partial charge is 0.316 e. The van der Waals surface area contributed by atoms with Crippen molar-refractivity contribution in [1.29, 1.82) is 0 Å². The molecule has 2 amide bonds. The second-order valence-electron chi connectivity index (χ2n) is 6.92. The van der Waals surface area contributed by atoms with Gasteiger partial charge >= 0.3 is 5.91 Å². The first-order valence-corrected chi connectivity index (χ1v) is 9.82. The molecule has 2 unspecified atom stereocenters. The largest absolute Gasteiger partial charge is 0.488 e. The molecule has 1 aliphatic carbocycles. The van der Waals surface area contributed by atoms with Crippen molar-refractivity contribution >= 4 is 34.6 Å². The summed E-state index contributed by atoms with van der Waals surface area (Å²) in [5, 5.41) is 13.1. The summed E-state index contributed by atoms with van der Waals surface area (Å²) in [5.74, 6) is -0.533. The van der Waals surface area contributed by atoms with Crippen LogP contribution in [0.15, 0.2) is 24.4 Å². The monoisotopic (exact) mass is 418 g/mol. The van der Waals surface area contributed by atoms with Crippen molar-refractivity contribution in [1.82, 2.24) is 10.3 Å². The van der Waals surface area contributed by atoms with Crippen LogP contribution in [0.3, 0.4) is 0 Å². The number of nitrogens with one attached hydrogen (secondary N) is 2. The van der Waals surface area contributed by atoms with Gasteiger partial charge < -0.3 is 26.6 Å². The number of nitrogens with two attached hydrogens (primary N) is 2. The fraction of sp³-hybridized carbons (Fsp3) is 0.368. The predicted molar refractivity (Wildman–Crippen MR) is 108 cm³/mol. The Hall–Kier alpha value is -2.98. The van der Waals surface area contributed by atoms with Crippen LogP contribution in [0.25, 0.3) is 0 Å². The fourth-order valence-electron chi connectivity index (χ4n) is 3.09. The lowest BCUT2D eigenvalue weighted by Crippen LogP contribution is -2.71. The number of aryl methyl sites for hydroxylation is 1. The van der Waals surface area contributed by atoms with Gasteiger partial charge in [-0.1, -0.05) is 0 Å². The maximum absolute atomic E-state index is 12.7. The number of nitrogens with zero attached hydrogens (tertiary/aromatic N) is 1. The van der Waals surface area contributed by atoms with Gasteiger partial charge in [-0.25, -0.2) is 9.98 Å². The molecule has 9 nitrogen and oxygen atoms in total. The highest BCUT2D eigenvalue weighted by molar-refractivity contribution is 7.11. The van der Waals surface area contributed by atoms with E-state index in [1.807, 2.05) is 6.92 Å². The highest BCUT2D eigenvalue weighted by Gasteiger charge is 2.60. The van der Waals surface area contributed by atoms with Crippen LogP contribution in [0.1, 0.15) is 21.9 Å². The molecule has 0 radical (unpaired) electrons. The number of carbonyl (C=O) groups is 2. The predicted octanol–water partition coefficient (Wildman–Crippen LogP) is -1.54. The first-order valence-electron chi connectivity index (χ1n) is 9.01. The van der Waals surface area contributed by atoms with E-state index in [9.17, 15) is 14.7 Å². The summed E-state index contributed by atoms with van der Waals surface area (Å²) in [5.41, 5.74) is 11.4. The van der Waals surface area contributed by atoms with E-state index in [1.54, 1.807) is 42.8 Å². The van der Waals surface area contributed by atoms with Crippen LogP contribution in [0.4, 0.5) is 5.69 Å². The molecule has 29 heavy (non-hydrogen) atoms. The van der Waals surface area contributed by atoms with Crippen molar-refractivity contribution in [3.63, 3.8) is 0 Å². The van der Waals surface area contributed by atoms with Gasteiger partial charge in [0.1, 0.15) is 19.4 Å². The number of thiazole rings is 1. The number of nitrogen functional groups attached to an aromatic ring is 1. The maximum atomic E-state index is 12.7. The molecule has 1 aromatic carbocycles. The number of aliphatic hydroxyl groups excluding tert-OH is 1. The first kappa shape index (κ1) is 20.7. The lowest BCUT2D eigenvalue weighted by molar-refractivity contribution is -0.418. The minimum Gasteiger partial charge on any atom is -0.488 e. The number of hydrogen-bond acceptors (Lipinski definition) is 7. The van der Waals surface area contributed by atoms with E-state index in [1.165, 1.54) is 0 Å². The van der Waals surface area contributed by atoms with Gasteiger partial charge in [-0.3, -0.25) is 9.59 Å². The molecule has 0 bridgehead atoms. The van der Waals surface area contributed by atoms with Gasteiger partial charge in [0, 0.05) is 17.9 Å². The third-order valence-corrected chi connectivity index (χ3v) is 5.86. The third kappa shape index (κ3) is 4.22. The molecule has 0 aliphatic heterocycles. The summed E-state index contributed by atoms with van der Waals surface area (Å²) in [4.78, 5) is 32.3. The summed E-state index contributed by atoms with van der Waals surface area (Å²) in [6, 6.07) is 4.54. The second-order valence-corrected chi connectivity index (χ2v) is 8.24. The zero-order valence-corrected chi connectivity index (χ0v) is 17.0. The van der Waals surface area contributed by atoms with Crippen LogP contribution in [0.2, 0.25) is 0 Å². The molecule has 154 valence electrons. The van der Waals surface area contributed by atoms with Crippen molar-refractivity contribution in [2.45, 2.75) is 26.0 Å². The highest BCUT2D eigenvalue weighted by atomic mass is 32.1. The van der Waals surface area contributed by atoms with E-state index in [0.717, 1.165) is 9.88 Å². The van der Waals surface area contributed by atoms with Crippen molar-refractivity contribution < 1.29 is 24.4 Å². The minimum atomic E-state index is -1.10. The number of hydrogen-bond donors (Lipinski definition) is 5. The van der Waals surface area contributed by atoms with Crippen molar-refractivity contribution in [2.24, 2.45) is 11.1 Å². The van der Waals surface area contributed by atoms with E-state index in [4.69, 9.17) is 16.2 Å². The number of primary amides is 1. The van der Waals surface area contributed by atoms with E-state index in [2.05, 4.69) is 15.3 Å². The standard InChI is InChI=1S/C19H23N5O4S/c1-10-23-7-12(29-10)8-28-11-3-4-14(20)13(5-11)16(22-2)17(26)24-15-6-19(15,9-25)18(21)27/h3-5,7,15,25H,6,8-9,20H2,1-2H3,(H2,21,27)(H,24,26)/p+1. The minimum absolute atomic E-state index is 0.227. The van der Waals surface area contributed by atoms with Crippen LogP contribution < -0.4 is 26.5 Å². The Balaban J connectivity index is 1.73. The fourth-order valence-corrected chi connectivity index (χ4v) is 3.80. The summed E-state index contributed by atoms with van der Waals surface area (Å²) in [6.45, 7) is 1.87. The zero-order chi connectivity index (χ0) is 21.2. The van der Waals surface area contributed by atoms with Crippen LogP contribution in [0, 0.1) is 12.3 Å². The molecule has 1 heterocycles. The number of ether oxygens (including phenoxy) is 1. The van der Waals surface area contributed by atoms with E-state index >= 15 is 0 Å².